The number of carbonyl (C=O) groups is 2. The van der Waals surface area contributed by atoms with E-state index < -0.39 is 39.3 Å². The lowest BCUT2D eigenvalue weighted by Gasteiger charge is -2.59. The zero-order valence-corrected chi connectivity index (χ0v) is 22.0. The highest BCUT2D eigenvalue weighted by Gasteiger charge is 2.64. The Hall–Kier alpha value is -0.490. The Kier molecular flexibility index (Phi) is 6.39. The largest absolute Gasteiger partial charge is 0.464 e. The van der Waals surface area contributed by atoms with E-state index in [0.29, 0.717) is 46.8 Å². The third-order valence-electron chi connectivity index (χ3n) is 6.66. The molecule has 0 radical (unpaired) electrons. The van der Waals surface area contributed by atoms with Gasteiger partial charge in [-0.05, 0) is 94.4 Å². The van der Waals surface area contributed by atoms with Gasteiger partial charge in [0.15, 0.2) is 5.75 Å². The fraction of sp³-hybridized carbons (Fsp3) is 0.600. The van der Waals surface area contributed by atoms with Crippen LogP contribution < -0.4 is 4.74 Å². The Balaban J connectivity index is 1.55. The van der Waals surface area contributed by atoms with Gasteiger partial charge in [-0.1, -0.05) is 15.9 Å². The van der Waals surface area contributed by atoms with Gasteiger partial charge in [0.1, 0.15) is 12.4 Å². The number of carbonyl (C=O) groups excluding carboxylic acids is 2. The van der Waals surface area contributed by atoms with E-state index in [-0.39, 0.29) is 17.8 Å². The molecule has 2 atom stereocenters. The molecule has 4 bridgehead atoms. The molecule has 4 fully saturated rings. The molecular formula is C20H21Br3O7S. The summed E-state index contributed by atoms with van der Waals surface area (Å²) in [5, 5.41) is 0. The van der Waals surface area contributed by atoms with E-state index >= 15 is 0 Å². The Labute approximate surface area is 205 Å². The standard InChI is InChI=1S/C20H21Br3O7S/c21-13-4-14(22)16(15(23)5-13)30-18(25)20-8-11-3-12(9-20)7-19(6-11,10-20)17(24)29-1-2-31(26,27)28/h4-5,11-12H,1-3,6-10H2,(H,26,27,28). The summed E-state index contributed by atoms with van der Waals surface area (Å²) < 4.78 is 44.0. The number of halogens is 3. The first-order valence-corrected chi connectivity index (χ1v) is 13.9. The summed E-state index contributed by atoms with van der Waals surface area (Å²) >= 11 is 10.3. The minimum atomic E-state index is -4.21. The molecule has 0 saturated heterocycles. The van der Waals surface area contributed by atoms with E-state index in [4.69, 9.17) is 14.0 Å². The summed E-state index contributed by atoms with van der Waals surface area (Å²) in [7, 11) is -4.21. The first-order chi connectivity index (χ1) is 14.4. The number of esters is 2. The Morgan fingerprint density at radius 1 is 1.00 bits per heavy atom. The lowest BCUT2D eigenvalue weighted by atomic mass is 9.44. The first kappa shape index (κ1) is 23.7. The summed E-state index contributed by atoms with van der Waals surface area (Å²) in [5.74, 6) is -0.623. The Morgan fingerprint density at radius 3 is 2.03 bits per heavy atom. The van der Waals surface area contributed by atoms with Gasteiger partial charge in [0.05, 0.1) is 19.8 Å². The van der Waals surface area contributed by atoms with Crippen molar-refractivity contribution < 1.29 is 32.0 Å². The number of rotatable bonds is 6. The Bertz CT molecular complexity index is 1000. The van der Waals surface area contributed by atoms with Crippen molar-refractivity contribution in [3.05, 3.63) is 25.6 Å². The molecule has 1 aromatic rings. The van der Waals surface area contributed by atoms with Gasteiger partial charge in [0.25, 0.3) is 10.1 Å². The van der Waals surface area contributed by atoms with Crippen molar-refractivity contribution in [3.63, 3.8) is 0 Å². The van der Waals surface area contributed by atoms with Crippen molar-refractivity contribution in [2.45, 2.75) is 38.5 Å². The maximum atomic E-state index is 13.4. The molecule has 4 saturated carbocycles. The molecule has 0 aromatic heterocycles. The normalized spacial score (nSPS) is 31.5. The first-order valence-electron chi connectivity index (χ1n) is 9.91. The van der Waals surface area contributed by atoms with Crippen LogP contribution in [0.1, 0.15) is 38.5 Å². The average molecular weight is 645 g/mol. The molecule has 4 aliphatic rings. The van der Waals surface area contributed by atoms with E-state index in [1.807, 2.05) is 0 Å². The van der Waals surface area contributed by atoms with E-state index in [1.165, 1.54) is 0 Å². The van der Waals surface area contributed by atoms with Crippen molar-refractivity contribution in [3.8, 4) is 5.75 Å². The molecule has 1 aromatic carbocycles. The van der Waals surface area contributed by atoms with Crippen molar-refractivity contribution in [1.82, 2.24) is 0 Å². The van der Waals surface area contributed by atoms with Crippen LogP contribution in [-0.2, 0) is 24.4 Å². The third kappa shape index (κ3) is 4.76. The predicted octanol–water partition coefficient (Wildman–Crippen LogP) is 4.90. The second-order valence-corrected chi connectivity index (χ2v) is 13.2. The second-order valence-electron chi connectivity index (χ2n) is 9.03. The molecule has 31 heavy (non-hydrogen) atoms. The van der Waals surface area contributed by atoms with Gasteiger partial charge in [-0.15, -0.1) is 0 Å². The quantitative estimate of drug-likeness (QED) is 0.267. The van der Waals surface area contributed by atoms with E-state index in [0.717, 1.165) is 10.9 Å². The van der Waals surface area contributed by atoms with Crippen LogP contribution in [-0.4, -0.2) is 37.3 Å². The summed E-state index contributed by atoms with van der Waals surface area (Å²) in [6.45, 7) is -0.398. The minimum absolute atomic E-state index is 0.222. The van der Waals surface area contributed by atoms with Crippen LogP contribution in [0.15, 0.2) is 25.6 Å². The highest BCUT2D eigenvalue weighted by Crippen LogP contribution is 2.66. The van der Waals surface area contributed by atoms with Gasteiger partial charge in [-0.2, -0.15) is 8.42 Å². The average Bonchev–Trinajstić information content (AvgIpc) is 2.62. The van der Waals surface area contributed by atoms with Crippen LogP contribution in [0.2, 0.25) is 0 Å². The molecule has 4 aliphatic carbocycles. The molecule has 7 nitrogen and oxygen atoms in total. The van der Waals surface area contributed by atoms with Crippen LogP contribution in [0.4, 0.5) is 0 Å². The summed E-state index contributed by atoms with van der Waals surface area (Å²) in [4.78, 5) is 26.4. The summed E-state index contributed by atoms with van der Waals surface area (Å²) in [6, 6.07) is 3.59. The zero-order chi connectivity index (χ0) is 22.6. The SMILES string of the molecule is O=C(OCCS(=O)(=O)O)C12CC3CC(C1)CC(C(=O)Oc1c(Br)cc(Br)cc1Br)(C3)C2. The van der Waals surface area contributed by atoms with Crippen LogP contribution >= 0.6 is 47.8 Å². The molecule has 0 aliphatic heterocycles. The van der Waals surface area contributed by atoms with Gasteiger partial charge in [0, 0.05) is 4.47 Å². The Morgan fingerprint density at radius 2 is 1.52 bits per heavy atom. The van der Waals surface area contributed by atoms with Crippen LogP contribution in [0.25, 0.3) is 0 Å². The van der Waals surface area contributed by atoms with Gasteiger partial charge < -0.3 is 9.47 Å². The van der Waals surface area contributed by atoms with E-state index in [2.05, 4.69) is 47.8 Å². The monoisotopic (exact) mass is 642 g/mol. The lowest BCUT2D eigenvalue weighted by molar-refractivity contribution is -0.189. The summed E-state index contributed by atoms with van der Waals surface area (Å²) in [5.41, 5.74) is -1.57. The molecule has 1 N–H and O–H groups in total. The molecule has 170 valence electrons. The molecule has 0 amide bonds. The van der Waals surface area contributed by atoms with Crippen LogP contribution in [0.5, 0.6) is 5.75 Å². The third-order valence-corrected chi connectivity index (χ3v) is 8.98. The highest BCUT2D eigenvalue weighted by atomic mass is 79.9. The molecule has 2 unspecified atom stereocenters. The van der Waals surface area contributed by atoms with Crippen molar-refractivity contribution >= 4 is 69.8 Å². The smallest absolute Gasteiger partial charge is 0.317 e. The molecular weight excluding hydrogens is 624 g/mol. The number of benzene rings is 1. The molecule has 5 rings (SSSR count). The molecule has 0 spiro atoms. The number of ether oxygens (including phenoxy) is 2. The van der Waals surface area contributed by atoms with Crippen molar-refractivity contribution in [2.24, 2.45) is 22.7 Å². The lowest BCUT2D eigenvalue weighted by Crippen LogP contribution is -2.58. The topological polar surface area (TPSA) is 107 Å². The minimum Gasteiger partial charge on any atom is -0.464 e. The van der Waals surface area contributed by atoms with Crippen molar-refractivity contribution in [1.29, 1.82) is 0 Å². The summed E-state index contributed by atoms with van der Waals surface area (Å²) in [6.07, 6.45) is 3.93. The second kappa shape index (κ2) is 8.38. The highest BCUT2D eigenvalue weighted by molar-refractivity contribution is 9.11. The molecule has 0 heterocycles. The fourth-order valence-corrected chi connectivity index (χ4v) is 8.67. The van der Waals surface area contributed by atoms with E-state index in [9.17, 15) is 18.0 Å². The fourth-order valence-electron chi connectivity index (χ4n) is 5.96. The molecule has 11 heteroatoms. The van der Waals surface area contributed by atoms with Crippen LogP contribution in [0, 0.1) is 22.7 Å². The van der Waals surface area contributed by atoms with Crippen molar-refractivity contribution in [2.75, 3.05) is 12.4 Å². The zero-order valence-electron chi connectivity index (χ0n) is 16.4. The maximum absolute atomic E-state index is 13.4. The maximum Gasteiger partial charge on any atom is 0.317 e. The predicted molar refractivity (Wildman–Crippen MR) is 122 cm³/mol. The van der Waals surface area contributed by atoms with E-state index in [1.54, 1.807) is 12.1 Å². The van der Waals surface area contributed by atoms with Gasteiger partial charge >= 0.3 is 11.9 Å². The van der Waals surface area contributed by atoms with Gasteiger partial charge in [0.2, 0.25) is 0 Å². The number of hydrogen-bond acceptors (Lipinski definition) is 6. The van der Waals surface area contributed by atoms with Crippen LogP contribution in [0.3, 0.4) is 0 Å². The van der Waals surface area contributed by atoms with Gasteiger partial charge in [-0.3, -0.25) is 14.1 Å². The van der Waals surface area contributed by atoms with Gasteiger partial charge in [-0.25, -0.2) is 0 Å². The number of hydrogen-bond donors (Lipinski definition) is 1.